The molecule has 0 saturated heterocycles. The third-order valence-electron chi connectivity index (χ3n) is 3.62. The van der Waals surface area contributed by atoms with Crippen molar-refractivity contribution in [2.45, 2.75) is 18.1 Å². The number of rotatable bonds is 8. The van der Waals surface area contributed by atoms with Gasteiger partial charge in [0, 0.05) is 11.1 Å². The molecule has 1 N–H and O–H groups in total. The molecule has 1 aromatic carbocycles. The molecule has 5 nitrogen and oxygen atoms in total. The number of fused-ring (bicyclic) bond motifs is 1. The van der Waals surface area contributed by atoms with Crippen LogP contribution in [0.5, 0.6) is 11.5 Å². The van der Waals surface area contributed by atoms with E-state index in [9.17, 15) is 5.11 Å². The standard InChI is InChI=1S/C19H20N2O3S2/c1-3-4-13-5-6-16(17(9-13)23-2)24-10-14(22)11-26-19-15-7-8-25-18(15)20-12-21-19/h3-9,12,14,22H,10-11H2,1-2H3/b4-3+. The van der Waals surface area contributed by atoms with E-state index in [-0.39, 0.29) is 6.61 Å². The maximum atomic E-state index is 10.3. The lowest BCUT2D eigenvalue weighted by molar-refractivity contribution is 0.124. The molecule has 0 amide bonds. The van der Waals surface area contributed by atoms with Crippen LogP contribution in [0.15, 0.2) is 47.1 Å². The number of methoxy groups -OCH3 is 1. The molecule has 3 rings (SSSR count). The summed E-state index contributed by atoms with van der Waals surface area (Å²) in [5, 5.41) is 14.2. The predicted octanol–water partition coefficient (Wildman–Crippen LogP) is 4.27. The molecule has 136 valence electrons. The minimum atomic E-state index is -0.622. The molecule has 0 bridgehead atoms. The largest absolute Gasteiger partial charge is 0.493 e. The fraction of sp³-hybridized carbons (Fsp3) is 0.263. The minimum absolute atomic E-state index is 0.185. The zero-order chi connectivity index (χ0) is 18.4. The summed E-state index contributed by atoms with van der Waals surface area (Å²) in [4.78, 5) is 9.49. The lowest BCUT2D eigenvalue weighted by Gasteiger charge is -2.14. The summed E-state index contributed by atoms with van der Waals surface area (Å²) >= 11 is 3.08. The normalized spacial score (nSPS) is 12.6. The highest BCUT2D eigenvalue weighted by atomic mass is 32.2. The van der Waals surface area contributed by atoms with Crippen LogP contribution in [0, 0.1) is 0 Å². The summed E-state index contributed by atoms with van der Waals surface area (Å²) in [6.07, 6.45) is 4.89. The topological polar surface area (TPSA) is 64.5 Å². The quantitative estimate of drug-likeness (QED) is 0.459. The Labute approximate surface area is 160 Å². The number of aliphatic hydroxyl groups is 1. The molecule has 0 aliphatic rings. The van der Waals surface area contributed by atoms with E-state index in [1.807, 2.05) is 48.7 Å². The third-order valence-corrected chi connectivity index (χ3v) is 5.59. The maximum Gasteiger partial charge on any atom is 0.161 e. The number of thiophene rings is 1. The van der Waals surface area contributed by atoms with Crippen LogP contribution in [0.2, 0.25) is 0 Å². The second kappa shape index (κ2) is 9.02. The van der Waals surface area contributed by atoms with Crippen molar-refractivity contribution in [3.05, 3.63) is 47.6 Å². The lowest BCUT2D eigenvalue weighted by Crippen LogP contribution is -2.20. The van der Waals surface area contributed by atoms with Crippen molar-refractivity contribution in [3.63, 3.8) is 0 Å². The van der Waals surface area contributed by atoms with Gasteiger partial charge in [0.25, 0.3) is 0 Å². The van der Waals surface area contributed by atoms with Crippen molar-refractivity contribution in [2.24, 2.45) is 0 Å². The van der Waals surface area contributed by atoms with Crippen LogP contribution in [0.4, 0.5) is 0 Å². The van der Waals surface area contributed by atoms with Gasteiger partial charge in [0.1, 0.15) is 22.8 Å². The van der Waals surface area contributed by atoms with Crippen LogP contribution in [0.1, 0.15) is 12.5 Å². The number of thioether (sulfide) groups is 1. The van der Waals surface area contributed by atoms with Gasteiger partial charge in [-0.1, -0.05) is 18.2 Å². The average Bonchev–Trinajstić information content (AvgIpc) is 3.14. The van der Waals surface area contributed by atoms with E-state index in [2.05, 4.69) is 9.97 Å². The van der Waals surface area contributed by atoms with E-state index < -0.39 is 6.10 Å². The minimum Gasteiger partial charge on any atom is -0.493 e. The summed E-state index contributed by atoms with van der Waals surface area (Å²) in [6.45, 7) is 2.15. The van der Waals surface area contributed by atoms with Gasteiger partial charge in [-0.2, -0.15) is 0 Å². The number of benzene rings is 1. The highest BCUT2D eigenvalue weighted by Crippen LogP contribution is 2.30. The summed E-state index contributed by atoms with van der Waals surface area (Å²) in [7, 11) is 1.61. The number of allylic oxidation sites excluding steroid dienone is 1. The van der Waals surface area contributed by atoms with Crippen molar-refractivity contribution in [3.8, 4) is 11.5 Å². The van der Waals surface area contributed by atoms with Crippen LogP contribution >= 0.6 is 23.1 Å². The Morgan fingerprint density at radius 1 is 1.27 bits per heavy atom. The summed E-state index contributed by atoms with van der Waals surface area (Å²) in [5.74, 6) is 1.75. The molecule has 0 saturated carbocycles. The van der Waals surface area contributed by atoms with E-state index >= 15 is 0 Å². The highest BCUT2D eigenvalue weighted by Gasteiger charge is 2.12. The number of aromatic nitrogens is 2. The first kappa shape index (κ1) is 18.7. The van der Waals surface area contributed by atoms with Crippen molar-refractivity contribution in [1.29, 1.82) is 0 Å². The van der Waals surface area contributed by atoms with Gasteiger partial charge in [-0.3, -0.25) is 0 Å². The molecule has 0 aliphatic heterocycles. The Kier molecular flexibility index (Phi) is 6.49. The van der Waals surface area contributed by atoms with Crippen LogP contribution in [-0.4, -0.2) is 40.6 Å². The molecule has 7 heteroatoms. The van der Waals surface area contributed by atoms with Gasteiger partial charge in [0.05, 0.1) is 13.2 Å². The summed E-state index contributed by atoms with van der Waals surface area (Å²) in [6, 6.07) is 7.72. The van der Waals surface area contributed by atoms with Gasteiger partial charge in [-0.05, 0) is 36.1 Å². The van der Waals surface area contributed by atoms with E-state index in [1.54, 1.807) is 24.8 Å². The molecule has 1 atom stereocenters. The van der Waals surface area contributed by atoms with E-state index in [0.29, 0.717) is 17.3 Å². The van der Waals surface area contributed by atoms with Gasteiger partial charge < -0.3 is 14.6 Å². The zero-order valence-corrected chi connectivity index (χ0v) is 16.2. The SMILES string of the molecule is C/C=C/c1ccc(OCC(O)CSc2ncnc3sccc23)c(OC)c1. The second-order valence-corrected chi connectivity index (χ2v) is 7.41. The number of aliphatic hydroxyl groups excluding tert-OH is 1. The van der Waals surface area contributed by atoms with Gasteiger partial charge in [0.2, 0.25) is 0 Å². The van der Waals surface area contributed by atoms with Gasteiger partial charge in [0.15, 0.2) is 11.5 Å². The molecular weight excluding hydrogens is 368 g/mol. The lowest BCUT2D eigenvalue weighted by atomic mass is 10.2. The Hall–Kier alpha value is -2.09. The van der Waals surface area contributed by atoms with Crippen molar-refractivity contribution in [1.82, 2.24) is 9.97 Å². The predicted molar refractivity (Wildman–Crippen MR) is 107 cm³/mol. The fourth-order valence-corrected chi connectivity index (χ4v) is 4.08. The monoisotopic (exact) mass is 388 g/mol. The Morgan fingerprint density at radius 2 is 2.15 bits per heavy atom. The Balaban J connectivity index is 1.57. The fourth-order valence-electron chi connectivity index (χ4n) is 2.39. The van der Waals surface area contributed by atoms with Gasteiger partial charge >= 0.3 is 0 Å². The molecule has 26 heavy (non-hydrogen) atoms. The van der Waals surface area contributed by atoms with E-state index in [4.69, 9.17) is 9.47 Å². The molecule has 1 unspecified atom stereocenters. The number of hydrogen-bond donors (Lipinski definition) is 1. The summed E-state index contributed by atoms with van der Waals surface area (Å²) in [5.41, 5.74) is 1.04. The number of nitrogens with zero attached hydrogens (tertiary/aromatic N) is 2. The molecule has 0 fully saturated rings. The van der Waals surface area contributed by atoms with Crippen molar-refractivity contribution in [2.75, 3.05) is 19.5 Å². The maximum absolute atomic E-state index is 10.3. The highest BCUT2D eigenvalue weighted by molar-refractivity contribution is 7.99. The van der Waals surface area contributed by atoms with Crippen LogP contribution in [0.25, 0.3) is 16.3 Å². The first-order valence-corrected chi connectivity index (χ1v) is 10.0. The van der Waals surface area contributed by atoms with Crippen LogP contribution in [-0.2, 0) is 0 Å². The van der Waals surface area contributed by atoms with Gasteiger partial charge in [-0.15, -0.1) is 23.1 Å². The molecule has 0 spiro atoms. The van der Waals surface area contributed by atoms with Crippen LogP contribution in [0.3, 0.4) is 0 Å². The molecule has 2 aromatic heterocycles. The van der Waals surface area contributed by atoms with Gasteiger partial charge in [-0.25, -0.2) is 9.97 Å². The summed E-state index contributed by atoms with van der Waals surface area (Å²) < 4.78 is 11.1. The van der Waals surface area contributed by atoms with Crippen LogP contribution < -0.4 is 9.47 Å². The number of ether oxygens (including phenoxy) is 2. The Morgan fingerprint density at radius 3 is 2.96 bits per heavy atom. The number of hydrogen-bond acceptors (Lipinski definition) is 7. The van der Waals surface area contributed by atoms with Crippen molar-refractivity contribution < 1.29 is 14.6 Å². The van der Waals surface area contributed by atoms with Crippen molar-refractivity contribution >= 4 is 39.4 Å². The molecular formula is C19H20N2O3S2. The first-order valence-electron chi connectivity index (χ1n) is 8.14. The molecule has 3 aromatic rings. The first-order chi connectivity index (χ1) is 12.7. The third kappa shape index (κ3) is 4.55. The average molecular weight is 389 g/mol. The molecule has 0 aliphatic carbocycles. The smallest absolute Gasteiger partial charge is 0.161 e. The second-order valence-electron chi connectivity index (χ2n) is 5.50. The Bertz CT molecular complexity index is 895. The van der Waals surface area contributed by atoms with E-state index in [0.717, 1.165) is 20.8 Å². The zero-order valence-electron chi connectivity index (χ0n) is 14.6. The van der Waals surface area contributed by atoms with E-state index in [1.165, 1.54) is 11.8 Å². The molecule has 0 radical (unpaired) electrons. The molecule has 2 heterocycles.